The van der Waals surface area contributed by atoms with Crippen LogP contribution in [0.2, 0.25) is 0 Å². The zero-order chi connectivity index (χ0) is 15.8. The van der Waals surface area contributed by atoms with Gasteiger partial charge in [0.05, 0.1) is 7.11 Å². The van der Waals surface area contributed by atoms with E-state index >= 15 is 0 Å². The number of methoxy groups -OCH3 is 1. The number of nitrogens with one attached hydrogen (secondary N) is 1. The highest BCUT2D eigenvalue weighted by Gasteiger charge is 2.19. The van der Waals surface area contributed by atoms with Gasteiger partial charge in [0.2, 0.25) is 0 Å². The maximum absolute atomic E-state index is 11.8. The smallest absolute Gasteiger partial charge is 0.323 e. The Bertz CT molecular complexity index is 515. The second-order valence-corrected chi connectivity index (χ2v) is 4.11. The fourth-order valence-electron chi connectivity index (χ4n) is 1.66. The van der Waals surface area contributed by atoms with Crippen LogP contribution in [-0.2, 0) is 16.1 Å². The Kier molecular flexibility index (Phi) is 5.99. The van der Waals surface area contributed by atoms with Gasteiger partial charge in [-0.3, -0.25) is 9.59 Å². The van der Waals surface area contributed by atoms with Gasteiger partial charge >= 0.3 is 18.0 Å². The molecule has 0 unspecified atom stereocenters. The SMILES string of the molecule is COc1ccccc1CNC(=O)N(CC(=O)O)CC(=O)O. The molecule has 0 saturated carbocycles. The number of carbonyl (C=O) groups is 3. The van der Waals surface area contributed by atoms with E-state index in [4.69, 9.17) is 14.9 Å². The number of ether oxygens (including phenoxy) is 1. The highest BCUT2D eigenvalue weighted by molar-refractivity contribution is 5.84. The van der Waals surface area contributed by atoms with Crippen molar-refractivity contribution < 1.29 is 29.3 Å². The number of urea groups is 1. The minimum atomic E-state index is -1.29. The van der Waals surface area contributed by atoms with Gasteiger partial charge in [-0.25, -0.2) is 4.79 Å². The van der Waals surface area contributed by atoms with Crippen molar-refractivity contribution in [3.8, 4) is 5.75 Å². The summed E-state index contributed by atoms with van der Waals surface area (Å²) in [7, 11) is 1.49. The van der Waals surface area contributed by atoms with Crippen LogP contribution in [0.3, 0.4) is 0 Å². The van der Waals surface area contributed by atoms with Crippen molar-refractivity contribution in [3.63, 3.8) is 0 Å². The molecule has 3 N–H and O–H groups in total. The zero-order valence-electron chi connectivity index (χ0n) is 11.4. The fourth-order valence-corrected chi connectivity index (χ4v) is 1.66. The monoisotopic (exact) mass is 296 g/mol. The summed E-state index contributed by atoms with van der Waals surface area (Å²) in [6.45, 7) is -1.29. The van der Waals surface area contributed by atoms with Gasteiger partial charge in [0, 0.05) is 12.1 Å². The first-order valence-electron chi connectivity index (χ1n) is 6.02. The Balaban J connectivity index is 2.68. The first kappa shape index (κ1) is 16.3. The molecule has 0 fully saturated rings. The van der Waals surface area contributed by atoms with Crippen LogP contribution in [0, 0.1) is 0 Å². The number of aliphatic carboxylic acids is 2. The molecule has 0 saturated heterocycles. The molecule has 1 aromatic rings. The molecule has 8 heteroatoms. The van der Waals surface area contributed by atoms with E-state index in [1.807, 2.05) is 0 Å². The Morgan fingerprint density at radius 2 is 1.71 bits per heavy atom. The lowest BCUT2D eigenvalue weighted by molar-refractivity contribution is -0.140. The minimum absolute atomic E-state index is 0.0958. The molecule has 114 valence electrons. The van der Waals surface area contributed by atoms with Crippen LogP contribution in [0.1, 0.15) is 5.56 Å². The molecular formula is C13H16N2O6. The predicted octanol–water partition coefficient (Wildman–Crippen LogP) is 0.376. The normalized spacial score (nSPS) is 9.76. The third-order valence-electron chi connectivity index (χ3n) is 2.56. The molecule has 1 aromatic carbocycles. The molecule has 0 aliphatic carbocycles. The van der Waals surface area contributed by atoms with E-state index in [2.05, 4.69) is 5.32 Å². The number of carboxylic acids is 2. The van der Waals surface area contributed by atoms with Crippen LogP contribution < -0.4 is 10.1 Å². The van der Waals surface area contributed by atoms with Crippen LogP contribution in [-0.4, -0.2) is 53.3 Å². The van der Waals surface area contributed by atoms with E-state index in [1.54, 1.807) is 24.3 Å². The molecule has 0 aliphatic rings. The second-order valence-electron chi connectivity index (χ2n) is 4.11. The molecule has 1 rings (SSSR count). The van der Waals surface area contributed by atoms with Crippen molar-refractivity contribution in [1.29, 1.82) is 0 Å². The third-order valence-corrected chi connectivity index (χ3v) is 2.56. The van der Waals surface area contributed by atoms with Gasteiger partial charge in [-0.15, -0.1) is 0 Å². The number of nitrogens with zero attached hydrogens (tertiary/aromatic N) is 1. The van der Waals surface area contributed by atoms with Gasteiger partial charge in [-0.05, 0) is 6.07 Å². The summed E-state index contributed by atoms with van der Waals surface area (Å²) in [6.07, 6.45) is 0. The Hall–Kier alpha value is -2.77. The Morgan fingerprint density at radius 1 is 1.14 bits per heavy atom. The van der Waals surface area contributed by atoms with E-state index in [0.717, 1.165) is 0 Å². The average molecular weight is 296 g/mol. The molecule has 0 atom stereocenters. The molecule has 8 nitrogen and oxygen atoms in total. The van der Waals surface area contributed by atoms with Crippen molar-refractivity contribution in [1.82, 2.24) is 10.2 Å². The summed E-state index contributed by atoms with van der Waals surface area (Å²) in [5, 5.41) is 19.8. The van der Waals surface area contributed by atoms with Crippen molar-refractivity contribution >= 4 is 18.0 Å². The summed E-state index contributed by atoms with van der Waals surface area (Å²) in [5.74, 6) is -2.01. The van der Waals surface area contributed by atoms with Crippen LogP contribution in [0.15, 0.2) is 24.3 Å². The standard InChI is InChI=1S/C13H16N2O6/c1-21-10-5-3-2-4-9(10)6-14-13(20)15(7-11(16)17)8-12(18)19/h2-5H,6-8H2,1H3,(H,14,20)(H,16,17)(H,18,19). The number of hydrogen-bond donors (Lipinski definition) is 3. The van der Waals surface area contributed by atoms with Crippen LogP contribution in [0.4, 0.5) is 4.79 Å². The maximum Gasteiger partial charge on any atom is 0.323 e. The highest BCUT2D eigenvalue weighted by atomic mass is 16.5. The molecule has 0 aliphatic heterocycles. The number of carboxylic acid groups (broad SMARTS) is 2. The van der Waals surface area contributed by atoms with Gasteiger partial charge in [-0.1, -0.05) is 18.2 Å². The van der Waals surface area contributed by atoms with Crippen molar-refractivity contribution in [3.05, 3.63) is 29.8 Å². The number of benzene rings is 1. The van der Waals surface area contributed by atoms with Crippen molar-refractivity contribution in [2.24, 2.45) is 0 Å². The number of para-hydroxylation sites is 1. The van der Waals surface area contributed by atoms with Gasteiger partial charge in [0.1, 0.15) is 18.8 Å². The summed E-state index contributed by atoms with van der Waals surface area (Å²) < 4.78 is 5.11. The zero-order valence-corrected chi connectivity index (χ0v) is 11.4. The van der Waals surface area contributed by atoms with Gasteiger partial charge in [0.25, 0.3) is 0 Å². The lowest BCUT2D eigenvalue weighted by Crippen LogP contribution is -2.45. The van der Waals surface area contributed by atoms with Gasteiger partial charge in [-0.2, -0.15) is 0 Å². The lowest BCUT2D eigenvalue weighted by Gasteiger charge is -2.19. The molecule has 0 heterocycles. The first-order valence-corrected chi connectivity index (χ1v) is 6.02. The van der Waals surface area contributed by atoms with Crippen LogP contribution in [0.5, 0.6) is 5.75 Å². The third kappa shape index (κ3) is 5.39. The molecule has 21 heavy (non-hydrogen) atoms. The molecule has 0 aromatic heterocycles. The predicted molar refractivity (Wildman–Crippen MR) is 72.1 cm³/mol. The van der Waals surface area contributed by atoms with Crippen molar-refractivity contribution in [2.75, 3.05) is 20.2 Å². The van der Waals surface area contributed by atoms with Crippen LogP contribution in [0.25, 0.3) is 0 Å². The van der Waals surface area contributed by atoms with Crippen molar-refractivity contribution in [2.45, 2.75) is 6.54 Å². The summed E-state index contributed by atoms with van der Waals surface area (Å²) in [6, 6.07) is 6.21. The number of carbonyl (C=O) groups excluding carboxylic acids is 1. The quantitative estimate of drug-likeness (QED) is 0.669. The van der Waals surface area contributed by atoms with Crippen LogP contribution >= 0.6 is 0 Å². The lowest BCUT2D eigenvalue weighted by atomic mass is 10.2. The van der Waals surface area contributed by atoms with E-state index in [0.29, 0.717) is 16.2 Å². The van der Waals surface area contributed by atoms with E-state index in [1.165, 1.54) is 7.11 Å². The molecular weight excluding hydrogens is 280 g/mol. The minimum Gasteiger partial charge on any atom is -0.496 e. The Labute approximate surface area is 120 Å². The average Bonchev–Trinajstić information content (AvgIpc) is 2.43. The van der Waals surface area contributed by atoms with Gasteiger partial charge in [0.15, 0.2) is 0 Å². The summed E-state index contributed by atoms with van der Waals surface area (Å²) in [5.41, 5.74) is 0.693. The number of hydrogen-bond acceptors (Lipinski definition) is 4. The molecule has 2 amide bonds. The van der Waals surface area contributed by atoms with Gasteiger partial charge < -0.3 is 25.2 Å². The maximum atomic E-state index is 11.8. The Morgan fingerprint density at radius 3 is 2.24 bits per heavy atom. The van der Waals surface area contributed by atoms with E-state index in [-0.39, 0.29) is 6.54 Å². The summed E-state index contributed by atoms with van der Waals surface area (Å²) >= 11 is 0. The fraction of sp³-hybridized carbons (Fsp3) is 0.308. The first-order chi connectivity index (χ1) is 9.93. The topological polar surface area (TPSA) is 116 Å². The highest BCUT2D eigenvalue weighted by Crippen LogP contribution is 2.16. The molecule has 0 radical (unpaired) electrons. The van der Waals surface area contributed by atoms with E-state index in [9.17, 15) is 14.4 Å². The molecule has 0 bridgehead atoms. The summed E-state index contributed by atoms with van der Waals surface area (Å²) in [4.78, 5) is 33.8. The largest absolute Gasteiger partial charge is 0.496 e. The van der Waals surface area contributed by atoms with E-state index < -0.39 is 31.1 Å². The molecule has 0 spiro atoms. The number of amides is 2. The number of rotatable bonds is 7. The second kappa shape index (κ2) is 7.73.